The molecule has 1 unspecified atom stereocenters. The van der Waals surface area contributed by atoms with E-state index in [2.05, 4.69) is 9.97 Å². The molecule has 7 nitrogen and oxygen atoms in total. The van der Waals surface area contributed by atoms with Crippen LogP contribution in [0.25, 0.3) is 0 Å². The van der Waals surface area contributed by atoms with Crippen molar-refractivity contribution in [1.82, 2.24) is 14.3 Å². The molecule has 1 atom stereocenters. The van der Waals surface area contributed by atoms with Gasteiger partial charge in [0.25, 0.3) is 0 Å². The van der Waals surface area contributed by atoms with Gasteiger partial charge in [-0.05, 0) is 30.7 Å². The third-order valence-corrected chi connectivity index (χ3v) is 5.51. The van der Waals surface area contributed by atoms with E-state index in [0.29, 0.717) is 31.1 Å². The lowest BCUT2D eigenvalue weighted by molar-refractivity contribution is 0.206. The Morgan fingerprint density at radius 1 is 1.22 bits per heavy atom. The highest BCUT2D eigenvalue weighted by molar-refractivity contribution is 7.89. The first-order valence-corrected chi connectivity index (χ1v) is 8.60. The summed E-state index contributed by atoms with van der Waals surface area (Å²) in [6, 6.07) is 6.36. The summed E-state index contributed by atoms with van der Waals surface area (Å²) in [5.41, 5.74) is 0. The fraction of sp³-hybridized carbons (Fsp3) is 0.333. The Bertz CT molecular complexity index is 750. The fourth-order valence-electron chi connectivity index (χ4n) is 2.43. The first kappa shape index (κ1) is 15.7. The van der Waals surface area contributed by atoms with Gasteiger partial charge in [0.05, 0.1) is 24.7 Å². The van der Waals surface area contributed by atoms with Gasteiger partial charge < -0.3 is 9.47 Å². The molecule has 3 rings (SSSR count). The van der Waals surface area contributed by atoms with Gasteiger partial charge in [0.15, 0.2) is 0 Å². The van der Waals surface area contributed by atoms with Gasteiger partial charge in [0.2, 0.25) is 15.9 Å². The highest BCUT2D eigenvalue weighted by Crippen LogP contribution is 2.24. The molecule has 0 radical (unpaired) electrons. The second kappa shape index (κ2) is 6.51. The molecule has 0 spiro atoms. The first-order chi connectivity index (χ1) is 11.1. The quantitative estimate of drug-likeness (QED) is 0.820. The first-order valence-electron chi connectivity index (χ1n) is 7.16. The van der Waals surface area contributed by atoms with Gasteiger partial charge in [0.1, 0.15) is 11.9 Å². The zero-order chi connectivity index (χ0) is 16.3. The molecule has 0 bridgehead atoms. The lowest BCUT2D eigenvalue weighted by Crippen LogP contribution is -2.31. The van der Waals surface area contributed by atoms with Gasteiger partial charge >= 0.3 is 0 Å². The maximum atomic E-state index is 12.6. The van der Waals surface area contributed by atoms with Crippen LogP contribution >= 0.6 is 0 Å². The zero-order valence-corrected chi connectivity index (χ0v) is 13.4. The summed E-state index contributed by atoms with van der Waals surface area (Å²) in [6.45, 7) is 0.713. The molecule has 1 fully saturated rings. The van der Waals surface area contributed by atoms with E-state index >= 15 is 0 Å². The molecular weight excluding hydrogens is 318 g/mol. The molecule has 122 valence electrons. The zero-order valence-electron chi connectivity index (χ0n) is 12.6. The van der Waals surface area contributed by atoms with Crippen molar-refractivity contribution in [2.24, 2.45) is 0 Å². The van der Waals surface area contributed by atoms with E-state index in [9.17, 15) is 8.42 Å². The third kappa shape index (κ3) is 3.43. The Morgan fingerprint density at radius 2 is 2.00 bits per heavy atom. The summed E-state index contributed by atoms with van der Waals surface area (Å²) >= 11 is 0. The average molecular weight is 335 g/mol. The number of rotatable bonds is 5. The predicted molar refractivity (Wildman–Crippen MR) is 82.8 cm³/mol. The van der Waals surface area contributed by atoms with Gasteiger partial charge in [-0.25, -0.2) is 13.4 Å². The van der Waals surface area contributed by atoms with Gasteiger partial charge in [-0.2, -0.15) is 4.31 Å². The van der Waals surface area contributed by atoms with Crippen molar-refractivity contribution >= 4 is 10.0 Å². The van der Waals surface area contributed by atoms with E-state index in [4.69, 9.17) is 9.47 Å². The van der Waals surface area contributed by atoms with Crippen molar-refractivity contribution in [2.45, 2.75) is 17.4 Å². The van der Waals surface area contributed by atoms with E-state index in [-0.39, 0.29) is 11.0 Å². The molecule has 1 aromatic carbocycles. The van der Waals surface area contributed by atoms with Gasteiger partial charge in [0, 0.05) is 18.9 Å². The van der Waals surface area contributed by atoms with E-state index in [1.165, 1.54) is 16.7 Å². The van der Waals surface area contributed by atoms with Crippen LogP contribution in [0.2, 0.25) is 0 Å². The fourth-order valence-corrected chi connectivity index (χ4v) is 3.91. The maximum absolute atomic E-state index is 12.6. The number of hydrogen-bond acceptors (Lipinski definition) is 6. The maximum Gasteiger partial charge on any atom is 0.243 e. The van der Waals surface area contributed by atoms with E-state index in [1.54, 1.807) is 37.6 Å². The molecule has 1 aliphatic rings. The number of ether oxygens (including phenoxy) is 2. The molecule has 0 amide bonds. The van der Waals surface area contributed by atoms with Crippen LogP contribution in [-0.4, -0.2) is 49.0 Å². The second-order valence-electron chi connectivity index (χ2n) is 5.11. The molecule has 0 N–H and O–H groups in total. The van der Waals surface area contributed by atoms with Crippen molar-refractivity contribution in [3.05, 3.63) is 42.9 Å². The molecule has 1 aromatic heterocycles. The van der Waals surface area contributed by atoms with Crippen LogP contribution in [0.5, 0.6) is 11.6 Å². The molecule has 2 aromatic rings. The molecular formula is C15H17N3O4S. The van der Waals surface area contributed by atoms with Crippen LogP contribution in [0.4, 0.5) is 0 Å². The standard InChI is InChI=1S/C15H17N3O4S/c1-21-12-2-4-14(5-3-12)23(19,20)18-9-6-13(11-18)22-15-10-16-7-8-17-15/h2-5,7-8,10,13H,6,9,11H2,1H3. The summed E-state index contributed by atoms with van der Waals surface area (Å²) in [5.74, 6) is 1.02. The van der Waals surface area contributed by atoms with Gasteiger partial charge in [-0.1, -0.05) is 0 Å². The van der Waals surface area contributed by atoms with Crippen molar-refractivity contribution in [1.29, 1.82) is 0 Å². The van der Waals surface area contributed by atoms with Crippen molar-refractivity contribution < 1.29 is 17.9 Å². The molecule has 23 heavy (non-hydrogen) atoms. The summed E-state index contributed by atoms with van der Waals surface area (Å²) in [4.78, 5) is 8.22. The molecule has 1 aliphatic heterocycles. The lowest BCUT2D eigenvalue weighted by Gasteiger charge is -2.17. The van der Waals surface area contributed by atoms with Crippen molar-refractivity contribution in [3.63, 3.8) is 0 Å². The van der Waals surface area contributed by atoms with Crippen LogP contribution in [0.15, 0.2) is 47.8 Å². The van der Waals surface area contributed by atoms with E-state index < -0.39 is 10.0 Å². The largest absolute Gasteiger partial charge is 0.497 e. The van der Waals surface area contributed by atoms with Crippen molar-refractivity contribution in [2.75, 3.05) is 20.2 Å². The summed E-state index contributed by atoms with van der Waals surface area (Å²) in [6.07, 6.45) is 5.00. The van der Waals surface area contributed by atoms with E-state index in [0.717, 1.165) is 0 Å². The van der Waals surface area contributed by atoms with Crippen molar-refractivity contribution in [3.8, 4) is 11.6 Å². The van der Waals surface area contributed by atoms with Gasteiger partial charge in [-0.3, -0.25) is 4.98 Å². The molecule has 1 saturated heterocycles. The minimum Gasteiger partial charge on any atom is -0.497 e. The van der Waals surface area contributed by atoms with Crippen LogP contribution in [0.3, 0.4) is 0 Å². The number of sulfonamides is 1. The third-order valence-electron chi connectivity index (χ3n) is 3.63. The number of hydrogen-bond donors (Lipinski definition) is 0. The Balaban J connectivity index is 1.69. The SMILES string of the molecule is COc1ccc(S(=O)(=O)N2CCC(Oc3cnccn3)C2)cc1. The normalized spacial score (nSPS) is 18.7. The summed E-state index contributed by atoms with van der Waals surface area (Å²) in [7, 11) is -1.99. The highest BCUT2D eigenvalue weighted by Gasteiger charge is 2.33. The van der Waals surface area contributed by atoms with Gasteiger partial charge in [-0.15, -0.1) is 0 Å². The lowest BCUT2D eigenvalue weighted by atomic mass is 10.3. The van der Waals surface area contributed by atoms with Crippen LogP contribution in [0.1, 0.15) is 6.42 Å². The molecule has 0 saturated carbocycles. The highest BCUT2D eigenvalue weighted by atomic mass is 32.2. The number of nitrogens with zero attached hydrogens (tertiary/aromatic N) is 3. The second-order valence-corrected chi connectivity index (χ2v) is 7.05. The summed E-state index contributed by atoms with van der Waals surface area (Å²) in [5, 5.41) is 0. The Kier molecular flexibility index (Phi) is 4.44. The Labute approximate surface area is 134 Å². The minimum atomic E-state index is -3.53. The van der Waals surface area contributed by atoms with Crippen LogP contribution in [-0.2, 0) is 10.0 Å². The molecule has 8 heteroatoms. The summed E-state index contributed by atoms with van der Waals surface area (Å²) < 4.78 is 37.4. The smallest absolute Gasteiger partial charge is 0.243 e. The Morgan fingerprint density at radius 3 is 2.65 bits per heavy atom. The number of methoxy groups -OCH3 is 1. The molecule has 0 aliphatic carbocycles. The van der Waals surface area contributed by atoms with E-state index in [1.807, 2.05) is 0 Å². The Hall–Kier alpha value is -2.19. The van der Waals surface area contributed by atoms with Crippen LogP contribution < -0.4 is 9.47 Å². The topological polar surface area (TPSA) is 81.6 Å². The molecule has 2 heterocycles. The average Bonchev–Trinajstić information content (AvgIpc) is 3.05. The predicted octanol–water partition coefficient (Wildman–Crippen LogP) is 1.33. The number of benzene rings is 1. The number of aromatic nitrogens is 2. The monoisotopic (exact) mass is 335 g/mol. The minimum absolute atomic E-state index is 0.222. The van der Waals surface area contributed by atoms with Crippen LogP contribution in [0, 0.1) is 0 Å².